The maximum absolute atomic E-state index is 13.2. The summed E-state index contributed by atoms with van der Waals surface area (Å²) in [6.45, 7) is 4.05. The van der Waals surface area contributed by atoms with Crippen LogP contribution in [-0.2, 0) is 11.3 Å². The normalized spacial score (nSPS) is 18.9. The van der Waals surface area contributed by atoms with E-state index in [9.17, 15) is 9.18 Å². The highest BCUT2D eigenvalue weighted by molar-refractivity contribution is 9.10. The molecule has 1 atom stereocenters. The van der Waals surface area contributed by atoms with Crippen LogP contribution in [0.2, 0.25) is 0 Å². The molecule has 1 amide bonds. The minimum absolute atomic E-state index is 0.205. The van der Waals surface area contributed by atoms with Crippen LogP contribution in [0.25, 0.3) is 0 Å². The second-order valence-corrected chi connectivity index (χ2v) is 5.65. The molecule has 1 saturated heterocycles. The SMILES string of the molecule is CCC(=O)N1CCC(NCc2cc(F)ccc2Br)C1. The van der Waals surface area contributed by atoms with E-state index in [0.29, 0.717) is 19.0 Å². The average molecular weight is 329 g/mol. The van der Waals surface area contributed by atoms with E-state index in [-0.39, 0.29) is 11.7 Å². The van der Waals surface area contributed by atoms with Crippen molar-refractivity contribution in [1.29, 1.82) is 0 Å². The zero-order valence-electron chi connectivity index (χ0n) is 11.0. The van der Waals surface area contributed by atoms with Gasteiger partial charge in [-0.1, -0.05) is 22.9 Å². The minimum atomic E-state index is -0.228. The first-order valence-electron chi connectivity index (χ1n) is 6.55. The lowest BCUT2D eigenvalue weighted by Crippen LogP contribution is -2.34. The Kier molecular flexibility index (Phi) is 4.93. The van der Waals surface area contributed by atoms with Crippen molar-refractivity contribution in [3.63, 3.8) is 0 Å². The summed E-state index contributed by atoms with van der Waals surface area (Å²) in [5, 5.41) is 3.38. The van der Waals surface area contributed by atoms with Crippen LogP contribution >= 0.6 is 15.9 Å². The van der Waals surface area contributed by atoms with Gasteiger partial charge in [0.15, 0.2) is 0 Å². The van der Waals surface area contributed by atoms with Gasteiger partial charge >= 0.3 is 0 Å². The Bertz CT molecular complexity index is 467. The summed E-state index contributed by atoms with van der Waals surface area (Å²) >= 11 is 3.42. The fraction of sp³-hybridized carbons (Fsp3) is 0.500. The molecule has 5 heteroatoms. The van der Waals surface area contributed by atoms with E-state index in [1.165, 1.54) is 12.1 Å². The molecule has 1 heterocycles. The van der Waals surface area contributed by atoms with Crippen molar-refractivity contribution in [2.75, 3.05) is 13.1 Å². The molecule has 0 aliphatic carbocycles. The quantitative estimate of drug-likeness (QED) is 0.921. The molecule has 1 aliphatic heterocycles. The van der Waals surface area contributed by atoms with Gasteiger partial charge in [0.1, 0.15) is 5.82 Å². The highest BCUT2D eigenvalue weighted by atomic mass is 79.9. The lowest BCUT2D eigenvalue weighted by molar-refractivity contribution is -0.129. The van der Waals surface area contributed by atoms with Crippen LogP contribution in [0.3, 0.4) is 0 Å². The highest BCUT2D eigenvalue weighted by Crippen LogP contribution is 2.18. The molecule has 1 fully saturated rings. The van der Waals surface area contributed by atoms with Crippen LogP contribution in [0.5, 0.6) is 0 Å². The number of carbonyl (C=O) groups excluding carboxylic acids is 1. The molecule has 1 aromatic carbocycles. The van der Waals surface area contributed by atoms with E-state index < -0.39 is 0 Å². The number of halogens is 2. The molecule has 19 heavy (non-hydrogen) atoms. The van der Waals surface area contributed by atoms with E-state index in [1.54, 1.807) is 6.07 Å². The van der Waals surface area contributed by atoms with Crippen LogP contribution in [-0.4, -0.2) is 29.9 Å². The zero-order valence-corrected chi connectivity index (χ0v) is 12.5. The molecule has 1 N–H and O–H groups in total. The average Bonchev–Trinajstić information content (AvgIpc) is 2.88. The van der Waals surface area contributed by atoms with Crippen LogP contribution in [0, 0.1) is 5.82 Å². The fourth-order valence-electron chi connectivity index (χ4n) is 2.31. The van der Waals surface area contributed by atoms with Gasteiger partial charge in [0.25, 0.3) is 0 Å². The number of amides is 1. The van der Waals surface area contributed by atoms with E-state index in [2.05, 4.69) is 21.2 Å². The lowest BCUT2D eigenvalue weighted by Gasteiger charge is -2.16. The largest absolute Gasteiger partial charge is 0.341 e. The number of hydrogen-bond acceptors (Lipinski definition) is 2. The van der Waals surface area contributed by atoms with Gasteiger partial charge in [0.2, 0.25) is 5.91 Å². The number of carbonyl (C=O) groups is 1. The third kappa shape index (κ3) is 3.76. The third-order valence-electron chi connectivity index (χ3n) is 3.43. The van der Waals surface area contributed by atoms with Gasteiger partial charge < -0.3 is 10.2 Å². The van der Waals surface area contributed by atoms with Crippen LogP contribution in [0.1, 0.15) is 25.3 Å². The number of likely N-dealkylation sites (tertiary alicyclic amines) is 1. The first-order valence-corrected chi connectivity index (χ1v) is 7.34. The van der Waals surface area contributed by atoms with Gasteiger partial charge in [-0.05, 0) is 30.2 Å². The molecule has 0 radical (unpaired) electrons. The van der Waals surface area contributed by atoms with E-state index in [1.807, 2.05) is 11.8 Å². The zero-order chi connectivity index (χ0) is 13.8. The molecule has 1 unspecified atom stereocenters. The van der Waals surface area contributed by atoms with Crippen LogP contribution in [0.4, 0.5) is 4.39 Å². The van der Waals surface area contributed by atoms with E-state index >= 15 is 0 Å². The van der Waals surface area contributed by atoms with E-state index in [0.717, 1.165) is 29.5 Å². The molecular weight excluding hydrogens is 311 g/mol. The predicted molar refractivity (Wildman–Crippen MR) is 76.2 cm³/mol. The van der Waals surface area contributed by atoms with Crippen molar-refractivity contribution in [3.05, 3.63) is 34.1 Å². The maximum Gasteiger partial charge on any atom is 0.222 e. The summed E-state index contributed by atoms with van der Waals surface area (Å²) in [5.74, 6) is -0.0227. The molecule has 0 aromatic heterocycles. The van der Waals surface area contributed by atoms with Crippen molar-refractivity contribution < 1.29 is 9.18 Å². The number of nitrogens with one attached hydrogen (secondary N) is 1. The molecule has 0 saturated carbocycles. The Hall–Kier alpha value is -0.940. The summed E-state index contributed by atoms with van der Waals surface area (Å²) in [7, 11) is 0. The summed E-state index contributed by atoms with van der Waals surface area (Å²) < 4.78 is 14.1. The molecular formula is C14H18BrFN2O. The Morgan fingerprint density at radius 2 is 2.37 bits per heavy atom. The molecule has 0 spiro atoms. The summed E-state index contributed by atoms with van der Waals surface area (Å²) in [5.41, 5.74) is 0.903. The number of hydrogen-bond donors (Lipinski definition) is 1. The Balaban J connectivity index is 1.87. The summed E-state index contributed by atoms with van der Waals surface area (Å²) in [4.78, 5) is 13.5. The van der Waals surface area contributed by atoms with Gasteiger partial charge in [-0.2, -0.15) is 0 Å². The monoisotopic (exact) mass is 328 g/mol. The molecule has 0 bridgehead atoms. The van der Waals surface area contributed by atoms with Crippen molar-refractivity contribution in [3.8, 4) is 0 Å². The van der Waals surface area contributed by atoms with Crippen LogP contribution < -0.4 is 5.32 Å². The maximum atomic E-state index is 13.2. The summed E-state index contributed by atoms with van der Waals surface area (Å²) in [6.07, 6.45) is 1.51. The van der Waals surface area contributed by atoms with Gasteiger partial charge in [0.05, 0.1) is 0 Å². The van der Waals surface area contributed by atoms with Crippen molar-refractivity contribution in [2.45, 2.75) is 32.4 Å². The first kappa shape index (κ1) is 14.5. The number of nitrogens with zero attached hydrogens (tertiary/aromatic N) is 1. The second kappa shape index (κ2) is 6.48. The first-order chi connectivity index (χ1) is 9.10. The van der Waals surface area contributed by atoms with Crippen molar-refractivity contribution in [2.24, 2.45) is 0 Å². The molecule has 104 valence electrons. The van der Waals surface area contributed by atoms with Gasteiger partial charge in [-0.25, -0.2) is 4.39 Å². The minimum Gasteiger partial charge on any atom is -0.341 e. The fourth-order valence-corrected chi connectivity index (χ4v) is 2.70. The van der Waals surface area contributed by atoms with Crippen LogP contribution in [0.15, 0.2) is 22.7 Å². The summed E-state index contributed by atoms with van der Waals surface area (Å²) in [6, 6.07) is 4.98. The topological polar surface area (TPSA) is 32.3 Å². The van der Waals surface area contributed by atoms with Crippen molar-refractivity contribution in [1.82, 2.24) is 10.2 Å². The second-order valence-electron chi connectivity index (χ2n) is 4.80. The molecule has 3 nitrogen and oxygen atoms in total. The van der Waals surface area contributed by atoms with Crippen molar-refractivity contribution >= 4 is 21.8 Å². The predicted octanol–water partition coefficient (Wildman–Crippen LogP) is 2.69. The molecule has 1 aliphatic rings. The standard InChI is InChI=1S/C14H18BrFN2O/c1-2-14(19)18-6-5-12(9-18)17-8-10-7-11(16)3-4-13(10)15/h3-4,7,12,17H,2,5-6,8-9H2,1H3. The Morgan fingerprint density at radius 1 is 1.58 bits per heavy atom. The van der Waals surface area contributed by atoms with Gasteiger partial charge in [0, 0.05) is 36.6 Å². The molecule has 2 rings (SSSR count). The third-order valence-corrected chi connectivity index (χ3v) is 4.21. The highest BCUT2D eigenvalue weighted by Gasteiger charge is 2.24. The van der Waals surface area contributed by atoms with Gasteiger partial charge in [-0.3, -0.25) is 4.79 Å². The lowest BCUT2D eigenvalue weighted by atomic mass is 10.2. The Morgan fingerprint density at radius 3 is 3.11 bits per heavy atom. The van der Waals surface area contributed by atoms with E-state index in [4.69, 9.17) is 0 Å². The van der Waals surface area contributed by atoms with Gasteiger partial charge in [-0.15, -0.1) is 0 Å². The number of rotatable bonds is 4. The smallest absolute Gasteiger partial charge is 0.222 e. The Labute approximate surface area is 121 Å². The number of benzene rings is 1. The molecule has 1 aromatic rings.